The Bertz CT molecular complexity index is 1170. The maximum atomic E-state index is 13.1. The second-order valence-corrected chi connectivity index (χ2v) is 8.50. The summed E-state index contributed by atoms with van der Waals surface area (Å²) in [4.78, 5) is 32.3. The van der Waals surface area contributed by atoms with Crippen molar-refractivity contribution in [2.45, 2.75) is 46.0 Å². The molecule has 4 rings (SSSR count). The lowest BCUT2D eigenvalue weighted by molar-refractivity contribution is 0.0896. The Labute approximate surface area is 175 Å². The van der Waals surface area contributed by atoms with Crippen LogP contribution in [0, 0.1) is 5.92 Å². The zero-order valence-electron chi connectivity index (χ0n) is 17.5. The largest absolute Gasteiger partial charge is 0.390 e. The molecular formula is C23H28N4O3. The number of β-amino-alcohol motifs (C(OH)–C–C–N with tert-alkyl or cyclic N) is 1. The van der Waals surface area contributed by atoms with Gasteiger partial charge in [0.05, 0.1) is 29.7 Å². The van der Waals surface area contributed by atoms with E-state index in [9.17, 15) is 14.7 Å². The summed E-state index contributed by atoms with van der Waals surface area (Å²) < 4.78 is 2.77. The fraction of sp³-hybridized carbons (Fsp3) is 0.435. The fourth-order valence-corrected chi connectivity index (χ4v) is 4.24. The summed E-state index contributed by atoms with van der Waals surface area (Å²) >= 11 is 0. The third-order valence-corrected chi connectivity index (χ3v) is 5.65. The van der Waals surface area contributed by atoms with Gasteiger partial charge in [-0.25, -0.2) is 4.79 Å². The highest BCUT2D eigenvalue weighted by Crippen LogP contribution is 2.18. The predicted octanol–water partition coefficient (Wildman–Crippen LogP) is 1.63. The molecule has 0 spiro atoms. The molecule has 2 aromatic heterocycles. The highest BCUT2D eigenvalue weighted by Gasteiger charge is 2.21. The number of rotatable bonds is 6. The first-order valence-corrected chi connectivity index (χ1v) is 10.5. The molecule has 1 N–H and O–H groups in total. The zero-order valence-corrected chi connectivity index (χ0v) is 17.5. The van der Waals surface area contributed by atoms with E-state index < -0.39 is 11.8 Å². The average Bonchev–Trinajstić information content (AvgIpc) is 2.74. The fourth-order valence-electron chi connectivity index (χ4n) is 4.24. The lowest BCUT2D eigenvalue weighted by atomic mass is 10.00. The number of aromatic nitrogens is 3. The maximum Gasteiger partial charge on any atom is 0.331 e. The van der Waals surface area contributed by atoms with Crippen molar-refractivity contribution in [1.82, 2.24) is 19.0 Å². The van der Waals surface area contributed by atoms with Gasteiger partial charge in [0.15, 0.2) is 0 Å². The summed E-state index contributed by atoms with van der Waals surface area (Å²) in [5.41, 5.74) is 2.39. The van der Waals surface area contributed by atoms with E-state index in [1.54, 1.807) is 23.0 Å². The van der Waals surface area contributed by atoms with E-state index in [2.05, 4.69) is 22.0 Å². The van der Waals surface area contributed by atoms with E-state index in [-0.39, 0.29) is 18.0 Å². The van der Waals surface area contributed by atoms with Crippen molar-refractivity contribution in [3.05, 3.63) is 74.7 Å². The molecule has 3 aromatic rings. The Morgan fingerprint density at radius 3 is 2.57 bits per heavy atom. The van der Waals surface area contributed by atoms with Gasteiger partial charge in [0.2, 0.25) is 0 Å². The molecule has 0 bridgehead atoms. The summed E-state index contributed by atoms with van der Waals surface area (Å²) in [7, 11) is 0. The van der Waals surface area contributed by atoms with E-state index >= 15 is 0 Å². The molecule has 1 aromatic carbocycles. The molecule has 7 nitrogen and oxygen atoms in total. The number of fused-ring (bicyclic) bond motifs is 2. The SMILES string of the molecule is CC(C)Cn1c(=O)n(CC(O)CN2CCc3ccccc3C2)c(=O)c2ccncc21. The molecule has 3 heterocycles. The predicted molar refractivity (Wildman–Crippen MR) is 117 cm³/mol. The molecule has 0 saturated carbocycles. The number of aliphatic hydroxyl groups excluding tert-OH is 1. The molecule has 158 valence electrons. The second-order valence-electron chi connectivity index (χ2n) is 8.50. The molecule has 0 amide bonds. The first-order valence-electron chi connectivity index (χ1n) is 10.5. The van der Waals surface area contributed by atoms with Gasteiger partial charge in [-0.1, -0.05) is 38.1 Å². The minimum Gasteiger partial charge on any atom is -0.390 e. The number of hydrogen-bond donors (Lipinski definition) is 1. The zero-order chi connectivity index (χ0) is 21.3. The molecule has 0 fully saturated rings. The Hall–Kier alpha value is -2.77. The van der Waals surface area contributed by atoms with Crippen molar-refractivity contribution in [3.8, 4) is 0 Å². The van der Waals surface area contributed by atoms with E-state index in [1.165, 1.54) is 15.7 Å². The second kappa shape index (κ2) is 8.53. The van der Waals surface area contributed by atoms with E-state index in [4.69, 9.17) is 0 Å². The minimum atomic E-state index is -0.813. The topological polar surface area (TPSA) is 80.4 Å². The third kappa shape index (κ3) is 4.08. The lowest BCUT2D eigenvalue weighted by Crippen LogP contribution is -2.45. The molecule has 1 aliphatic heterocycles. The van der Waals surface area contributed by atoms with Gasteiger partial charge in [-0.2, -0.15) is 0 Å². The van der Waals surface area contributed by atoms with Crippen LogP contribution in [0.4, 0.5) is 0 Å². The van der Waals surface area contributed by atoms with Crippen LogP contribution in [0.5, 0.6) is 0 Å². The number of aliphatic hydroxyl groups is 1. The number of benzene rings is 1. The maximum absolute atomic E-state index is 13.1. The highest BCUT2D eigenvalue weighted by atomic mass is 16.3. The molecule has 1 unspecified atom stereocenters. The van der Waals surface area contributed by atoms with Gasteiger partial charge in [0, 0.05) is 32.4 Å². The van der Waals surface area contributed by atoms with E-state index in [1.807, 2.05) is 26.0 Å². The van der Waals surface area contributed by atoms with Crippen molar-refractivity contribution in [2.75, 3.05) is 13.1 Å². The molecule has 0 radical (unpaired) electrons. The molecular weight excluding hydrogens is 380 g/mol. The number of hydrogen-bond acceptors (Lipinski definition) is 5. The quantitative estimate of drug-likeness (QED) is 0.671. The normalized spacial score (nSPS) is 15.5. The molecule has 1 atom stereocenters. The molecule has 30 heavy (non-hydrogen) atoms. The molecule has 7 heteroatoms. The lowest BCUT2D eigenvalue weighted by Gasteiger charge is -2.30. The van der Waals surface area contributed by atoms with Gasteiger partial charge in [-0.15, -0.1) is 0 Å². The van der Waals surface area contributed by atoms with Crippen molar-refractivity contribution >= 4 is 10.9 Å². The van der Waals surface area contributed by atoms with Crippen molar-refractivity contribution in [2.24, 2.45) is 5.92 Å². The van der Waals surface area contributed by atoms with Crippen molar-refractivity contribution in [1.29, 1.82) is 0 Å². The van der Waals surface area contributed by atoms with Crippen LogP contribution in [0.1, 0.15) is 25.0 Å². The summed E-state index contributed by atoms with van der Waals surface area (Å²) in [5, 5.41) is 11.2. The smallest absolute Gasteiger partial charge is 0.331 e. The standard InChI is InChI=1S/C23H28N4O3/c1-16(2)12-26-21-11-24-9-7-20(21)22(29)27(23(26)30)15-19(28)14-25-10-8-17-5-3-4-6-18(17)13-25/h3-7,9,11,16,19,28H,8,10,12-15H2,1-2H3. The summed E-state index contributed by atoms with van der Waals surface area (Å²) in [6.07, 6.45) is 3.24. The third-order valence-electron chi connectivity index (χ3n) is 5.65. The van der Waals surface area contributed by atoms with Crippen molar-refractivity contribution < 1.29 is 5.11 Å². The van der Waals surface area contributed by atoms with E-state index in [0.29, 0.717) is 24.0 Å². The van der Waals surface area contributed by atoms with Crippen LogP contribution in [0.15, 0.2) is 52.3 Å². The van der Waals surface area contributed by atoms with Crippen LogP contribution >= 0.6 is 0 Å². The minimum absolute atomic E-state index is 0.0217. The van der Waals surface area contributed by atoms with Gasteiger partial charge < -0.3 is 5.11 Å². The Kier molecular flexibility index (Phi) is 5.83. The van der Waals surface area contributed by atoms with E-state index in [0.717, 1.165) is 19.5 Å². The molecule has 0 saturated heterocycles. The van der Waals surface area contributed by atoms with Gasteiger partial charge in [0.25, 0.3) is 5.56 Å². The van der Waals surface area contributed by atoms with Crippen LogP contribution in [0.25, 0.3) is 10.9 Å². The Morgan fingerprint density at radius 1 is 1.03 bits per heavy atom. The first kappa shape index (κ1) is 20.5. The number of nitrogens with zero attached hydrogens (tertiary/aromatic N) is 4. The monoisotopic (exact) mass is 408 g/mol. The summed E-state index contributed by atoms with van der Waals surface area (Å²) in [6.45, 7) is 6.54. The van der Waals surface area contributed by atoms with Crippen LogP contribution < -0.4 is 11.2 Å². The van der Waals surface area contributed by atoms with Gasteiger partial charge in [0.1, 0.15) is 0 Å². The Morgan fingerprint density at radius 2 is 1.80 bits per heavy atom. The van der Waals surface area contributed by atoms with Gasteiger partial charge >= 0.3 is 5.69 Å². The average molecular weight is 409 g/mol. The molecule has 0 aliphatic carbocycles. The van der Waals surface area contributed by atoms with Crippen molar-refractivity contribution in [3.63, 3.8) is 0 Å². The van der Waals surface area contributed by atoms with Gasteiger partial charge in [-0.3, -0.25) is 23.8 Å². The summed E-state index contributed by atoms with van der Waals surface area (Å²) in [5.74, 6) is 0.232. The Balaban J connectivity index is 1.59. The molecule has 1 aliphatic rings. The van der Waals surface area contributed by atoms with Crippen LogP contribution in [-0.4, -0.2) is 43.3 Å². The van der Waals surface area contributed by atoms with Crippen LogP contribution in [-0.2, 0) is 26.1 Å². The highest BCUT2D eigenvalue weighted by molar-refractivity contribution is 5.76. The number of pyridine rings is 1. The van der Waals surface area contributed by atoms with Crippen LogP contribution in [0.3, 0.4) is 0 Å². The van der Waals surface area contributed by atoms with Gasteiger partial charge in [-0.05, 0) is 29.5 Å². The summed E-state index contributed by atoms with van der Waals surface area (Å²) in [6, 6.07) is 9.97. The first-order chi connectivity index (χ1) is 14.4. The van der Waals surface area contributed by atoms with Crippen LogP contribution in [0.2, 0.25) is 0 Å².